The Morgan fingerprint density at radius 1 is 0.657 bits per heavy atom. The molecule has 0 aromatic heterocycles. The van der Waals surface area contributed by atoms with Gasteiger partial charge in [0.25, 0.3) is 0 Å². The number of aryl methyl sites for hydroxylation is 2. The van der Waals surface area contributed by atoms with Gasteiger partial charge in [-0.2, -0.15) is 0 Å². The van der Waals surface area contributed by atoms with Gasteiger partial charge in [-0.25, -0.2) is 14.0 Å². The summed E-state index contributed by atoms with van der Waals surface area (Å²) in [5.41, 5.74) is 2.48. The summed E-state index contributed by atoms with van der Waals surface area (Å²) in [6.07, 6.45) is 8.82. The summed E-state index contributed by atoms with van der Waals surface area (Å²) in [7, 11) is 0. The molecule has 0 spiro atoms. The molecule has 3 aromatic carbocycles. The molecule has 0 heterocycles. The van der Waals surface area contributed by atoms with Crippen molar-refractivity contribution in [3.63, 3.8) is 0 Å². The smallest absolute Gasteiger partial charge is 0.346 e. The van der Waals surface area contributed by atoms with Crippen LogP contribution in [0.3, 0.4) is 0 Å². The Labute approximate surface area is 207 Å². The van der Waals surface area contributed by atoms with Crippen LogP contribution in [0, 0.1) is 5.82 Å². The third-order valence-corrected chi connectivity index (χ3v) is 5.83. The van der Waals surface area contributed by atoms with E-state index < -0.39 is 17.8 Å². The maximum absolute atomic E-state index is 14.6. The van der Waals surface area contributed by atoms with E-state index in [2.05, 4.69) is 13.8 Å². The van der Waals surface area contributed by atoms with Gasteiger partial charge in [-0.3, -0.25) is 0 Å². The summed E-state index contributed by atoms with van der Waals surface area (Å²) >= 11 is 0. The van der Waals surface area contributed by atoms with E-state index in [1.807, 2.05) is 24.3 Å². The standard InChI is InChI=1S/C30H33FO4/c1-3-5-7-9-22-11-15-24(16-12-22)29(32)35-26-19-20-27(28(31)21-26)30(33)34-25-17-13-23(14-18-25)10-8-6-4-2/h11-21H,3-10H2,1-2H3. The molecule has 0 saturated heterocycles. The van der Waals surface area contributed by atoms with E-state index in [9.17, 15) is 14.0 Å². The second-order valence-electron chi connectivity index (χ2n) is 8.68. The largest absolute Gasteiger partial charge is 0.423 e. The monoisotopic (exact) mass is 476 g/mol. The van der Waals surface area contributed by atoms with Crippen molar-refractivity contribution in [3.05, 3.63) is 94.8 Å². The van der Waals surface area contributed by atoms with E-state index in [0.717, 1.165) is 50.2 Å². The minimum Gasteiger partial charge on any atom is -0.423 e. The molecular weight excluding hydrogens is 443 g/mol. The fraction of sp³-hybridized carbons (Fsp3) is 0.333. The molecule has 0 radical (unpaired) electrons. The zero-order valence-corrected chi connectivity index (χ0v) is 20.5. The van der Waals surface area contributed by atoms with Crippen molar-refractivity contribution in [1.82, 2.24) is 0 Å². The highest BCUT2D eigenvalue weighted by atomic mass is 19.1. The number of rotatable bonds is 12. The van der Waals surface area contributed by atoms with Gasteiger partial charge in [0.2, 0.25) is 0 Å². The minimum absolute atomic E-state index is 0.0208. The Morgan fingerprint density at radius 3 is 1.71 bits per heavy atom. The Morgan fingerprint density at radius 2 is 1.17 bits per heavy atom. The molecule has 0 N–H and O–H groups in total. The lowest BCUT2D eigenvalue weighted by Crippen LogP contribution is -2.12. The van der Waals surface area contributed by atoms with Crippen LogP contribution in [-0.4, -0.2) is 11.9 Å². The van der Waals surface area contributed by atoms with Crippen LogP contribution in [0.4, 0.5) is 4.39 Å². The van der Waals surface area contributed by atoms with Crippen LogP contribution >= 0.6 is 0 Å². The first kappa shape index (κ1) is 26.1. The normalized spacial score (nSPS) is 10.7. The number of hydrogen-bond donors (Lipinski definition) is 0. The highest BCUT2D eigenvalue weighted by Crippen LogP contribution is 2.21. The van der Waals surface area contributed by atoms with Crippen LogP contribution in [0.2, 0.25) is 0 Å². The summed E-state index contributed by atoms with van der Waals surface area (Å²) in [5, 5.41) is 0. The van der Waals surface area contributed by atoms with Gasteiger partial charge in [0, 0.05) is 6.07 Å². The van der Waals surface area contributed by atoms with Crippen molar-refractivity contribution in [3.8, 4) is 11.5 Å². The maximum atomic E-state index is 14.6. The van der Waals surface area contributed by atoms with Crippen LogP contribution in [-0.2, 0) is 12.8 Å². The average molecular weight is 477 g/mol. The second kappa shape index (κ2) is 13.4. The minimum atomic E-state index is -0.817. The lowest BCUT2D eigenvalue weighted by Gasteiger charge is -2.09. The van der Waals surface area contributed by atoms with E-state index >= 15 is 0 Å². The van der Waals surface area contributed by atoms with Crippen LogP contribution < -0.4 is 9.47 Å². The van der Waals surface area contributed by atoms with Gasteiger partial charge >= 0.3 is 11.9 Å². The first-order valence-electron chi connectivity index (χ1n) is 12.4. The number of halogens is 1. The van der Waals surface area contributed by atoms with Gasteiger partial charge in [-0.1, -0.05) is 63.8 Å². The Bertz CT molecular complexity index is 1100. The van der Waals surface area contributed by atoms with Gasteiger partial charge in [-0.15, -0.1) is 0 Å². The molecule has 35 heavy (non-hydrogen) atoms. The molecule has 0 aliphatic rings. The number of hydrogen-bond acceptors (Lipinski definition) is 4. The number of unbranched alkanes of at least 4 members (excludes halogenated alkanes) is 4. The highest BCUT2D eigenvalue weighted by Gasteiger charge is 2.17. The fourth-order valence-electron chi connectivity index (χ4n) is 3.74. The van der Waals surface area contributed by atoms with Gasteiger partial charge in [0.15, 0.2) is 0 Å². The first-order valence-corrected chi connectivity index (χ1v) is 12.4. The molecular formula is C30H33FO4. The molecule has 184 valence electrons. The SMILES string of the molecule is CCCCCc1ccc(OC(=O)c2ccc(OC(=O)c3ccc(CCCCC)cc3)cc2F)cc1. The van der Waals surface area contributed by atoms with Crippen LogP contribution in [0.5, 0.6) is 11.5 Å². The Kier molecular flexibility index (Phi) is 10.0. The molecule has 0 saturated carbocycles. The van der Waals surface area contributed by atoms with E-state index in [1.54, 1.807) is 24.3 Å². The summed E-state index contributed by atoms with van der Waals surface area (Å²) in [5.74, 6) is -1.84. The average Bonchev–Trinajstić information content (AvgIpc) is 2.86. The predicted octanol–water partition coefficient (Wildman–Crippen LogP) is 7.73. The summed E-state index contributed by atoms with van der Waals surface area (Å²) in [4.78, 5) is 24.9. The van der Waals surface area contributed by atoms with Crippen molar-refractivity contribution >= 4 is 11.9 Å². The number of esters is 2. The molecule has 5 heteroatoms. The third-order valence-electron chi connectivity index (χ3n) is 5.83. The molecule has 0 bridgehead atoms. The van der Waals surface area contributed by atoms with Crippen LogP contribution in [0.15, 0.2) is 66.7 Å². The molecule has 3 aromatic rings. The quantitative estimate of drug-likeness (QED) is 0.152. The van der Waals surface area contributed by atoms with Crippen molar-refractivity contribution in [2.24, 2.45) is 0 Å². The van der Waals surface area contributed by atoms with E-state index in [1.165, 1.54) is 30.5 Å². The number of carbonyl (C=O) groups excluding carboxylic acids is 2. The van der Waals surface area contributed by atoms with Gasteiger partial charge < -0.3 is 9.47 Å². The fourth-order valence-corrected chi connectivity index (χ4v) is 3.74. The van der Waals surface area contributed by atoms with Gasteiger partial charge in [0.1, 0.15) is 17.3 Å². The first-order chi connectivity index (χ1) is 17.0. The van der Waals surface area contributed by atoms with E-state index in [0.29, 0.717) is 11.3 Å². The number of benzene rings is 3. The van der Waals surface area contributed by atoms with Crippen LogP contribution in [0.1, 0.15) is 84.2 Å². The number of ether oxygens (including phenoxy) is 2. The molecule has 0 aliphatic carbocycles. The second-order valence-corrected chi connectivity index (χ2v) is 8.68. The lowest BCUT2D eigenvalue weighted by atomic mass is 10.1. The molecule has 3 rings (SSSR count). The summed E-state index contributed by atoms with van der Waals surface area (Å²) in [6.45, 7) is 4.32. The lowest BCUT2D eigenvalue weighted by molar-refractivity contribution is 0.0728. The van der Waals surface area contributed by atoms with Crippen molar-refractivity contribution in [2.45, 2.75) is 65.2 Å². The van der Waals surface area contributed by atoms with E-state index in [4.69, 9.17) is 9.47 Å². The Balaban J connectivity index is 1.56. The molecule has 0 atom stereocenters. The van der Waals surface area contributed by atoms with E-state index in [-0.39, 0.29) is 11.3 Å². The van der Waals surface area contributed by atoms with Crippen molar-refractivity contribution < 1.29 is 23.5 Å². The Hall–Kier alpha value is -3.47. The van der Waals surface area contributed by atoms with Crippen molar-refractivity contribution in [1.29, 1.82) is 0 Å². The van der Waals surface area contributed by atoms with Gasteiger partial charge in [-0.05, 0) is 73.2 Å². The maximum Gasteiger partial charge on any atom is 0.346 e. The summed E-state index contributed by atoms with van der Waals surface area (Å²) < 4.78 is 25.2. The molecule has 4 nitrogen and oxygen atoms in total. The number of carbonyl (C=O) groups is 2. The molecule has 0 unspecified atom stereocenters. The zero-order valence-electron chi connectivity index (χ0n) is 20.5. The zero-order chi connectivity index (χ0) is 25.0. The van der Waals surface area contributed by atoms with Crippen molar-refractivity contribution in [2.75, 3.05) is 0 Å². The van der Waals surface area contributed by atoms with Gasteiger partial charge in [0.05, 0.1) is 11.1 Å². The molecule has 0 fully saturated rings. The molecule has 0 aliphatic heterocycles. The molecule has 0 amide bonds. The predicted molar refractivity (Wildman–Crippen MR) is 136 cm³/mol. The third kappa shape index (κ3) is 8.06. The summed E-state index contributed by atoms with van der Waals surface area (Å²) in [6, 6.07) is 18.1. The topological polar surface area (TPSA) is 52.6 Å². The van der Waals surface area contributed by atoms with Crippen LogP contribution in [0.25, 0.3) is 0 Å². The highest BCUT2D eigenvalue weighted by molar-refractivity contribution is 5.93.